The second-order valence-corrected chi connectivity index (χ2v) is 4.73. The molecule has 0 spiro atoms. The van der Waals surface area contributed by atoms with Crippen molar-refractivity contribution in [3.05, 3.63) is 23.3 Å². The second-order valence-electron chi connectivity index (χ2n) is 3.68. The lowest BCUT2D eigenvalue weighted by Gasteiger charge is -2.00. The Labute approximate surface area is 95.3 Å². The largest absolute Gasteiger partial charge is 0.491 e. The number of rotatable bonds is 1. The minimum atomic E-state index is -0.985. The van der Waals surface area contributed by atoms with Gasteiger partial charge in [0.2, 0.25) is 0 Å². The van der Waals surface area contributed by atoms with Crippen molar-refractivity contribution >= 4 is 32.4 Å². The van der Waals surface area contributed by atoms with Gasteiger partial charge in [-0.3, -0.25) is 0 Å². The Hall–Kier alpha value is -1.75. The van der Waals surface area contributed by atoms with E-state index in [0.717, 1.165) is 22.4 Å². The lowest BCUT2D eigenvalue weighted by Crippen LogP contribution is -1.98. The first-order valence-corrected chi connectivity index (χ1v) is 5.70. The van der Waals surface area contributed by atoms with Gasteiger partial charge in [-0.15, -0.1) is 11.3 Å². The van der Waals surface area contributed by atoms with Crippen molar-refractivity contribution in [2.24, 2.45) is 0 Å². The molecule has 0 unspecified atom stereocenters. The van der Waals surface area contributed by atoms with Crippen LogP contribution < -0.4 is 10.5 Å². The SMILES string of the molecule is Nc1sc2c3c(ccc2c1C(=O)O)CCO3. The minimum absolute atomic E-state index is 0.193. The molecule has 16 heavy (non-hydrogen) atoms. The van der Waals surface area contributed by atoms with Gasteiger partial charge in [0.15, 0.2) is 0 Å². The molecule has 1 aliphatic heterocycles. The van der Waals surface area contributed by atoms with Crippen molar-refractivity contribution in [2.75, 3.05) is 12.3 Å². The molecule has 5 heteroatoms. The number of ether oxygens (including phenoxy) is 1. The maximum absolute atomic E-state index is 11.1. The summed E-state index contributed by atoms with van der Waals surface area (Å²) in [5.41, 5.74) is 7.05. The van der Waals surface area contributed by atoms with Crippen molar-refractivity contribution in [1.29, 1.82) is 0 Å². The van der Waals surface area contributed by atoms with Crippen LogP contribution in [0.15, 0.2) is 12.1 Å². The molecule has 3 rings (SSSR count). The van der Waals surface area contributed by atoms with Gasteiger partial charge in [0.05, 0.1) is 11.3 Å². The predicted octanol–water partition coefficient (Wildman–Crippen LogP) is 2.12. The third-order valence-corrected chi connectivity index (χ3v) is 3.79. The Kier molecular flexibility index (Phi) is 1.85. The molecule has 0 fully saturated rings. The number of nitrogens with two attached hydrogens (primary N) is 1. The van der Waals surface area contributed by atoms with Gasteiger partial charge in [-0.25, -0.2) is 4.79 Å². The van der Waals surface area contributed by atoms with Crippen LogP contribution in [-0.4, -0.2) is 17.7 Å². The van der Waals surface area contributed by atoms with Crippen LogP contribution >= 0.6 is 11.3 Å². The lowest BCUT2D eigenvalue weighted by molar-refractivity contribution is 0.0700. The summed E-state index contributed by atoms with van der Waals surface area (Å²) in [4.78, 5) is 11.1. The lowest BCUT2D eigenvalue weighted by atomic mass is 10.1. The normalized spacial score (nSPS) is 13.8. The van der Waals surface area contributed by atoms with E-state index in [4.69, 9.17) is 15.6 Å². The third-order valence-electron chi connectivity index (χ3n) is 2.75. The molecule has 0 saturated heterocycles. The fraction of sp³-hybridized carbons (Fsp3) is 0.182. The molecule has 0 atom stereocenters. The van der Waals surface area contributed by atoms with Crippen LogP contribution in [0.3, 0.4) is 0 Å². The number of nitrogen functional groups attached to an aromatic ring is 1. The van der Waals surface area contributed by atoms with E-state index in [1.54, 1.807) is 0 Å². The maximum atomic E-state index is 11.1. The number of hydrogen-bond donors (Lipinski definition) is 2. The third kappa shape index (κ3) is 1.12. The van der Waals surface area contributed by atoms with Gasteiger partial charge < -0.3 is 15.6 Å². The summed E-state index contributed by atoms with van der Waals surface area (Å²) in [6.45, 7) is 0.661. The average molecular weight is 235 g/mol. The molecular formula is C11H9NO3S. The summed E-state index contributed by atoms with van der Waals surface area (Å²) in [6.07, 6.45) is 0.880. The van der Waals surface area contributed by atoms with Crippen LogP contribution in [0.1, 0.15) is 15.9 Å². The Bertz CT molecular complexity index is 603. The van der Waals surface area contributed by atoms with Gasteiger partial charge in [-0.1, -0.05) is 12.1 Å². The highest BCUT2D eigenvalue weighted by Gasteiger charge is 2.22. The number of benzene rings is 1. The number of carboxylic acid groups (broad SMARTS) is 1. The zero-order valence-electron chi connectivity index (χ0n) is 8.32. The molecule has 3 N–H and O–H groups in total. The fourth-order valence-electron chi connectivity index (χ4n) is 2.03. The van der Waals surface area contributed by atoms with Crippen LogP contribution in [-0.2, 0) is 6.42 Å². The minimum Gasteiger partial charge on any atom is -0.491 e. The quantitative estimate of drug-likeness (QED) is 0.794. The highest BCUT2D eigenvalue weighted by atomic mass is 32.1. The van der Waals surface area contributed by atoms with E-state index in [1.165, 1.54) is 11.3 Å². The van der Waals surface area contributed by atoms with Crippen LogP contribution in [0.5, 0.6) is 5.75 Å². The standard InChI is InChI=1S/C11H9NO3S/c12-10-7(11(13)14)6-2-1-5-3-4-15-8(5)9(6)16-10/h1-2H,3-4,12H2,(H,13,14). The van der Waals surface area contributed by atoms with E-state index in [-0.39, 0.29) is 5.56 Å². The van der Waals surface area contributed by atoms with Gasteiger partial charge in [-0.2, -0.15) is 0 Å². The Morgan fingerprint density at radius 3 is 3.06 bits per heavy atom. The molecule has 2 aromatic rings. The van der Waals surface area contributed by atoms with Crippen LogP contribution in [0.25, 0.3) is 10.1 Å². The molecule has 2 heterocycles. The molecular weight excluding hydrogens is 226 g/mol. The first kappa shape index (κ1) is 9.47. The molecule has 0 bridgehead atoms. The Morgan fingerprint density at radius 1 is 1.50 bits per heavy atom. The summed E-state index contributed by atoms with van der Waals surface area (Å²) in [5, 5.41) is 10.1. The first-order chi connectivity index (χ1) is 7.68. The van der Waals surface area contributed by atoms with Gasteiger partial charge in [0.1, 0.15) is 16.3 Å². The highest BCUT2D eigenvalue weighted by molar-refractivity contribution is 7.23. The number of carbonyl (C=O) groups is 1. The molecule has 82 valence electrons. The number of hydrogen-bond acceptors (Lipinski definition) is 4. The van der Waals surface area contributed by atoms with E-state index in [1.807, 2.05) is 12.1 Å². The smallest absolute Gasteiger partial charge is 0.339 e. The monoisotopic (exact) mass is 235 g/mol. The topological polar surface area (TPSA) is 72.6 Å². The molecule has 1 aromatic heterocycles. The van der Waals surface area contributed by atoms with E-state index >= 15 is 0 Å². The fourth-order valence-corrected chi connectivity index (χ4v) is 3.12. The van der Waals surface area contributed by atoms with Crippen LogP contribution in [0, 0.1) is 0 Å². The van der Waals surface area contributed by atoms with Crippen molar-refractivity contribution in [2.45, 2.75) is 6.42 Å². The number of anilines is 1. The summed E-state index contributed by atoms with van der Waals surface area (Å²) in [7, 11) is 0. The van der Waals surface area contributed by atoms with E-state index in [2.05, 4.69) is 0 Å². The van der Waals surface area contributed by atoms with Crippen molar-refractivity contribution in [1.82, 2.24) is 0 Å². The number of aromatic carboxylic acids is 1. The van der Waals surface area contributed by atoms with E-state index in [0.29, 0.717) is 17.0 Å². The van der Waals surface area contributed by atoms with Gasteiger partial charge >= 0.3 is 5.97 Å². The summed E-state index contributed by atoms with van der Waals surface area (Å²) < 4.78 is 6.37. The Morgan fingerprint density at radius 2 is 2.31 bits per heavy atom. The number of thiophene rings is 1. The molecule has 4 nitrogen and oxygen atoms in total. The van der Waals surface area contributed by atoms with Crippen LogP contribution in [0.2, 0.25) is 0 Å². The molecule has 1 aromatic carbocycles. The molecule has 0 radical (unpaired) electrons. The van der Waals surface area contributed by atoms with Crippen molar-refractivity contribution < 1.29 is 14.6 Å². The number of carboxylic acids is 1. The maximum Gasteiger partial charge on any atom is 0.339 e. The van der Waals surface area contributed by atoms with Gasteiger partial charge in [-0.05, 0) is 5.56 Å². The zero-order chi connectivity index (χ0) is 11.3. The average Bonchev–Trinajstić information content (AvgIpc) is 2.78. The zero-order valence-corrected chi connectivity index (χ0v) is 9.13. The summed E-state index contributed by atoms with van der Waals surface area (Å²) in [6, 6.07) is 3.74. The first-order valence-electron chi connectivity index (χ1n) is 4.88. The summed E-state index contributed by atoms with van der Waals surface area (Å²) >= 11 is 1.28. The molecule has 0 aliphatic carbocycles. The van der Waals surface area contributed by atoms with Gasteiger partial charge in [0.25, 0.3) is 0 Å². The highest BCUT2D eigenvalue weighted by Crippen LogP contribution is 2.42. The molecule has 0 saturated carbocycles. The second kappa shape index (κ2) is 3.12. The van der Waals surface area contributed by atoms with Gasteiger partial charge in [0, 0.05) is 11.8 Å². The Balaban J connectivity index is 2.40. The van der Waals surface area contributed by atoms with Crippen molar-refractivity contribution in [3.8, 4) is 5.75 Å². The van der Waals surface area contributed by atoms with Crippen LogP contribution in [0.4, 0.5) is 5.00 Å². The van der Waals surface area contributed by atoms with E-state index in [9.17, 15) is 4.79 Å². The van der Waals surface area contributed by atoms with E-state index < -0.39 is 5.97 Å². The predicted molar refractivity (Wildman–Crippen MR) is 62.4 cm³/mol. The van der Waals surface area contributed by atoms with Crippen molar-refractivity contribution in [3.63, 3.8) is 0 Å². The molecule has 0 amide bonds. The summed E-state index contributed by atoms with van der Waals surface area (Å²) in [5.74, 6) is -0.177. The molecule has 1 aliphatic rings. The number of fused-ring (bicyclic) bond motifs is 3.